The molecule has 0 aliphatic rings. The third-order valence-corrected chi connectivity index (χ3v) is 0. The van der Waals surface area contributed by atoms with E-state index in [9.17, 15) is 0 Å². The molecule has 0 aliphatic carbocycles. The first kappa shape index (κ1) is 51.7. The van der Waals surface area contributed by atoms with Crippen molar-refractivity contribution in [2.75, 3.05) is 0 Å². The minimum Gasteiger partial charge on any atom is -0.724 e. The van der Waals surface area contributed by atoms with Gasteiger partial charge in [0.1, 0.15) is 0 Å². The van der Waals surface area contributed by atoms with E-state index >= 15 is 0 Å². The van der Waals surface area contributed by atoms with Crippen LogP contribution in [0.2, 0.25) is 0 Å². The Balaban J connectivity index is -0.0000000141. The van der Waals surface area contributed by atoms with E-state index < -0.39 is 0 Å². The fourth-order valence-corrected chi connectivity index (χ4v) is 0. The van der Waals surface area contributed by atoms with Gasteiger partial charge in [0.15, 0.2) is 0 Å². The van der Waals surface area contributed by atoms with Crippen molar-refractivity contribution < 1.29 is 97.8 Å². The average Bonchev–Trinajstić information content (AvgIpc) is 2.23. The van der Waals surface area contributed by atoms with E-state index in [1.54, 1.807) is 0 Å². The molecule has 20 heavy (non-hydrogen) atoms. The Kier molecular flexibility index (Phi) is 651. The number of hydrogen-bond donors (Lipinski definition) is 2. The van der Waals surface area contributed by atoms with Crippen molar-refractivity contribution in [2.45, 2.75) is 0 Å². The van der Waals surface area contributed by atoms with Gasteiger partial charge in [0.25, 0.3) is 12.5 Å². The summed E-state index contributed by atoms with van der Waals surface area (Å²) >= 11 is 0. The summed E-state index contributed by atoms with van der Waals surface area (Å²) in [5.41, 5.74) is 0. The first-order chi connectivity index (χ1) is 8.49. The second-order valence-electron chi connectivity index (χ2n) is 0.565. The fourth-order valence-electron chi connectivity index (χ4n) is 0. The first-order valence-electron chi connectivity index (χ1n) is 2.61. The minimum atomic E-state index is 0. The van der Waals surface area contributed by atoms with Crippen molar-refractivity contribution in [3.8, 4) is 12.5 Å². The van der Waals surface area contributed by atoms with Crippen LogP contribution < -0.4 is 51.4 Å². The Hall–Kier alpha value is -1.74. The molecule has 14 heteroatoms. The number of isocyanates is 4. The van der Waals surface area contributed by atoms with Crippen LogP contribution in [0.5, 0.6) is 0 Å². The summed E-state index contributed by atoms with van der Waals surface area (Å²) in [5, 5.41) is 54.6. The molecule has 0 aromatic rings. The normalized spacial score (nSPS) is 2.30. The predicted molar refractivity (Wildman–Crippen MR) is 51.3 cm³/mol. The number of carbonyl (C=O) groups excluding carboxylic acids is 4. The van der Waals surface area contributed by atoms with E-state index in [1.165, 1.54) is 0 Å². The molecule has 0 amide bonds. The quantitative estimate of drug-likeness (QED) is 0.190. The van der Waals surface area contributed by atoms with Crippen LogP contribution in [0.4, 0.5) is 0 Å². The molecule has 101 valence electrons. The summed E-state index contributed by atoms with van der Waals surface area (Å²) < 4.78 is 0. The molecule has 0 rings (SSSR count). The van der Waals surface area contributed by atoms with E-state index in [2.05, 4.69) is 0 Å². The van der Waals surface area contributed by atoms with Gasteiger partial charge < -0.3 is 31.9 Å². The molecule has 0 spiro atoms. The minimum absolute atomic E-state index is 0. The van der Waals surface area contributed by atoms with E-state index in [4.69, 9.17) is 61.6 Å². The molecular weight excluding hydrogens is 347 g/mol. The van der Waals surface area contributed by atoms with Crippen molar-refractivity contribution in [3.05, 3.63) is 21.6 Å². The predicted octanol–water partition coefficient (Wildman–Crippen LogP) is -3.75. The van der Waals surface area contributed by atoms with Gasteiger partial charge in [-0.25, -0.2) is 0 Å². The largest absolute Gasteiger partial charge is 3.00 e. The number of nitrogens with zero attached hydrogens (tertiary/aromatic N) is 6. The van der Waals surface area contributed by atoms with Gasteiger partial charge in [-0.1, -0.05) is 0 Å². The van der Waals surface area contributed by atoms with E-state index in [0.717, 1.165) is 12.5 Å². The molecule has 0 aromatic heterocycles. The summed E-state index contributed by atoms with van der Waals surface area (Å²) in [5.74, 6) is 0. The van der Waals surface area contributed by atoms with Crippen molar-refractivity contribution in [1.82, 2.24) is 0 Å². The standard InChI is InChI=1S/2CHNO.4CNO.Fe.K/c6*2-1-3;;/h2*3H;;;;;;/q;;4*-1;+3;+1. The summed E-state index contributed by atoms with van der Waals surface area (Å²) in [6.07, 6.45) is 3.50. The van der Waals surface area contributed by atoms with E-state index in [-0.39, 0.29) is 68.5 Å². The maximum atomic E-state index is 8.24. The fraction of sp³-hybridized carbons (Fsp3) is 0. The molecule has 0 aromatic carbocycles. The van der Waals surface area contributed by atoms with Crippen LogP contribution in [0.25, 0.3) is 21.6 Å². The van der Waals surface area contributed by atoms with E-state index in [1.807, 2.05) is 0 Å². The second-order valence-corrected chi connectivity index (χ2v) is 0.565. The maximum Gasteiger partial charge on any atom is 3.00 e. The molecule has 0 aliphatic heterocycles. The van der Waals surface area contributed by atoms with Crippen LogP contribution in [0, 0.1) is 23.0 Å². The Labute approximate surface area is 165 Å². The van der Waals surface area contributed by atoms with E-state index in [0.29, 0.717) is 24.3 Å². The number of nitriles is 2. The third kappa shape index (κ3) is 1240. The van der Waals surface area contributed by atoms with Crippen LogP contribution in [-0.2, 0) is 36.2 Å². The van der Waals surface area contributed by atoms with Crippen molar-refractivity contribution in [2.24, 2.45) is 0 Å². The summed E-state index contributed by atoms with van der Waals surface area (Å²) in [7, 11) is 0. The molecule has 0 bridgehead atoms. The zero-order valence-electron chi connectivity index (χ0n) is 9.56. The average molecular weight is 349 g/mol. The number of aliphatic hydroxyl groups excluding tert-OH is 2. The Morgan fingerprint density at radius 2 is 0.650 bits per heavy atom. The zero-order valence-corrected chi connectivity index (χ0v) is 13.8. The SMILES string of the molecule is N#CO.N#CO.[Fe+3].[K+].[N-]=C=O.[N-]=C=O.[N-]=C=O.[N-]=C=O. The van der Waals surface area contributed by atoms with Crippen molar-refractivity contribution in [3.63, 3.8) is 0 Å². The van der Waals surface area contributed by atoms with Gasteiger partial charge in [0.2, 0.25) is 0 Å². The number of rotatable bonds is 0. The monoisotopic (exact) mass is 349 g/mol. The molecule has 1 radical (unpaired) electrons. The smallest absolute Gasteiger partial charge is 0.724 e. The van der Waals surface area contributed by atoms with Crippen molar-refractivity contribution in [1.29, 1.82) is 10.5 Å². The summed E-state index contributed by atoms with van der Waals surface area (Å²) in [6, 6.07) is 0. The van der Waals surface area contributed by atoms with Gasteiger partial charge in [-0.3, -0.25) is 19.2 Å². The molecule has 0 saturated heterocycles. The Bertz CT molecular complexity index is 293. The topological polar surface area (TPSA) is 246 Å². The molecule has 0 fully saturated rings. The van der Waals surface area contributed by atoms with Crippen molar-refractivity contribution >= 4 is 24.3 Å². The van der Waals surface area contributed by atoms with Crippen LogP contribution >= 0.6 is 0 Å². The molecule has 0 unspecified atom stereocenters. The van der Waals surface area contributed by atoms with Crippen LogP contribution in [0.3, 0.4) is 0 Å². The van der Waals surface area contributed by atoms with Gasteiger partial charge in [0.05, 0.1) is 0 Å². The molecule has 0 saturated carbocycles. The summed E-state index contributed by atoms with van der Waals surface area (Å²) in [6.45, 7) is 0. The van der Waals surface area contributed by atoms with Gasteiger partial charge in [-0.2, -0.15) is 10.5 Å². The molecule has 2 N–H and O–H groups in total. The Morgan fingerprint density at radius 3 is 0.650 bits per heavy atom. The molecule has 0 atom stereocenters. The van der Waals surface area contributed by atoms with Gasteiger partial charge in [-0.05, 0) is 24.3 Å². The maximum absolute atomic E-state index is 8.24. The summed E-state index contributed by atoms with van der Waals surface area (Å²) in [4.78, 5) is 32.9. The number of hydrogen-bond acceptors (Lipinski definition) is 8. The van der Waals surface area contributed by atoms with Gasteiger partial charge in [0, 0.05) is 0 Å². The van der Waals surface area contributed by atoms with Crippen LogP contribution in [0.15, 0.2) is 0 Å². The van der Waals surface area contributed by atoms with Crippen LogP contribution in [0.1, 0.15) is 0 Å². The van der Waals surface area contributed by atoms with Gasteiger partial charge in [-0.15, -0.1) is 0 Å². The van der Waals surface area contributed by atoms with Crippen LogP contribution in [-0.4, -0.2) is 34.5 Å². The second kappa shape index (κ2) is 252. The van der Waals surface area contributed by atoms with Gasteiger partial charge >= 0.3 is 68.5 Å². The molecule has 12 nitrogen and oxygen atoms in total. The molecular formula is C6H2FeKN6O6. The zero-order chi connectivity index (χ0) is 16.2. The Morgan fingerprint density at radius 1 is 0.650 bits per heavy atom. The molecule has 0 heterocycles. The first-order valence-corrected chi connectivity index (χ1v) is 2.61. The number of aliphatic hydroxyl groups is 2. The third-order valence-electron chi connectivity index (χ3n) is 0.